The van der Waals surface area contributed by atoms with E-state index in [2.05, 4.69) is 46.1 Å². The fraction of sp³-hybridized carbons (Fsp3) is 0.500. The van der Waals surface area contributed by atoms with Crippen molar-refractivity contribution in [2.24, 2.45) is 4.99 Å². The molecule has 2 heterocycles. The number of benzene rings is 1. The molecule has 7 nitrogen and oxygen atoms in total. The SMILES string of the molecule is C[C@@]1(c2cc(C#C[Si](C)(C)C)ccc2F)CS2(O)NCCCCN2C(NC(=O)O)=N1. The van der Waals surface area contributed by atoms with E-state index in [1.807, 2.05) is 0 Å². The van der Waals surface area contributed by atoms with Crippen LogP contribution in [0.25, 0.3) is 0 Å². The van der Waals surface area contributed by atoms with Gasteiger partial charge in [0.2, 0.25) is 5.96 Å². The lowest BCUT2D eigenvalue weighted by atomic mass is 9.92. The van der Waals surface area contributed by atoms with E-state index in [-0.39, 0.29) is 11.7 Å². The van der Waals surface area contributed by atoms with Crippen LogP contribution in [0.1, 0.15) is 30.9 Å². The molecular formula is C20H29FN4O3SSi. The summed E-state index contributed by atoms with van der Waals surface area (Å²) in [7, 11) is -4.21. The molecule has 4 N–H and O–H groups in total. The molecule has 1 unspecified atom stereocenters. The van der Waals surface area contributed by atoms with Gasteiger partial charge in [-0.1, -0.05) is 25.6 Å². The Hall–Kier alpha value is -2.06. The third kappa shape index (κ3) is 4.98. The van der Waals surface area contributed by atoms with Crippen molar-refractivity contribution in [3.8, 4) is 11.5 Å². The molecule has 0 radical (unpaired) electrons. The Balaban J connectivity index is 2.11. The number of fused-ring (bicyclic) bond motifs is 1. The molecule has 10 heteroatoms. The summed E-state index contributed by atoms with van der Waals surface area (Å²) in [5.41, 5.74) is 3.09. The molecular weight excluding hydrogens is 423 g/mol. The highest BCUT2D eigenvalue weighted by Gasteiger charge is 2.47. The quantitative estimate of drug-likeness (QED) is 0.385. The van der Waals surface area contributed by atoms with Crippen LogP contribution in [0.3, 0.4) is 0 Å². The number of amides is 1. The molecule has 0 saturated carbocycles. The molecule has 1 amide bonds. The lowest BCUT2D eigenvalue weighted by Crippen LogP contribution is -2.55. The number of aliphatic imine (C=N–C) groups is 1. The molecule has 2 aliphatic heterocycles. The standard InChI is InChI=1S/C20H29FN4O3SSi/c1-20(16-13-15(7-8-17(16)21)9-12-30(2,3)4)14-29(28)22-10-5-6-11-25(29)18(24-20)23-19(26)27/h7-8,13,22,28H,5-6,10-11,14H2,1-4H3,(H,23,24)(H,26,27)/t20-/m0/s1. The third-order valence-corrected chi connectivity index (χ3v) is 8.49. The first-order valence-corrected chi connectivity index (χ1v) is 15.1. The van der Waals surface area contributed by atoms with Gasteiger partial charge < -0.3 is 9.66 Å². The predicted molar refractivity (Wildman–Crippen MR) is 122 cm³/mol. The first-order valence-electron chi connectivity index (χ1n) is 9.91. The molecule has 0 bridgehead atoms. The summed E-state index contributed by atoms with van der Waals surface area (Å²) in [5, 5.41) is 11.6. The monoisotopic (exact) mass is 452 g/mol. The molecule has 2 atom stereocenters. The topological polar surface area (TPSA) is 97.2 Å². The van der Waals surface area contributed by atoms with Gasteiger partial charge in [0.05, 0.1) is 5.75 Å². The van der Waals surface area contributed by atoms with E-state index in [0.717, 1.165) is 12.8 Å². The van der Waals surface area contributed by atoms with Crippen LogP contribution in [0, 0.1) is 17.3 Å². The van der Waals surface area contributed by atoms with E-state index in [4.69, 9.17) is 0 Å². The summed E-state index contributed by atoms with van der Waals surface area (Å²) >= 11 is 0. The normalized spacial score (nSPS) is 28.7. The Morgan fingerprint density at radius 1 is 1.40 bits per heavy atom. The van der Waals surface area contributed by atoms with Crippen molar-refractivity contribution in [3.05, 3.63) is 35.1 Å². The molecule has 164 valence electrons. The van der Waals surface area contributed by atoms with Gasteiger partial charge in [0.15, 0.2) is 0 Å². The Morgan fingerprint density at radius 3 is 2.80 bits per heavy atom. The number of nitrogens with zero attached hydrogens (tertiary/aromatic N) is 2. The predicted octanol–water partition coefficient (Wildman–Crippen LogP) is 3.70. The van der Waals surface area contributed by atoms with Crippen LogP contribution in [0.15, 0.2) is 23.2 Å². The molecule has 1 fully saturated rings. The molecule has 0 spiro atoms. The first-order chi connectivity index (χ1) is 13.9. The summed E-state index contributed by atoms with van der Waals surface area (Å²) < 4.78 is 31.2. The highest BCUT2D eigenvalue weighted by Crippen LogP contribution is 2.53. The van der Waals surface area contributed by atoms with Crippen LogP contribution in [-0.2, 0) is 5.54 Å². The van der Waals surface area contributed by atoms with E-state index in [0.29, 0.717) is 24.2 Å². The molecule has 2 aliphatic rings. The van der Waals surface area contributed by atoms with E-state index >= 15 is 0 Å². The zero-order valence-electron chi connectivity index (χ0n) is 17.8. The summed E-state index contributed by atoms with van der Waals surface area (Å²) in [6.07, 6.45) is 0.355. The molecule has 0 aliphatic carbocycles. The number of hydrogen-bond acceptors (Lipinski definition) is 5. The second-order valence-corrected chi connectivity index (χ2v) is 16.0. The second-order valence-electron chi connectivity index (χ2n) is 8.85. The Morgan fingerprint density at radius 2 is 2.13 bits per heavy atom. The van der Waals surface area contributed by atoms with Gasteiger partial charge in [-0.25, -0.2) is 18.9 Å². The van der Waals surface area contributed by atoms with Gasteiger partial charge in [0, 0.05) is 34.9 Å². The number of carbonyl (C=O) groups is 1. The van der Waals surface area contributed by atoms with Crippen molar-refractivity contribution in [1.29, 1.82) is 0 Å². The fourth-order valence-corrected chi connectivity index (χ4v) is 6.75. The van der Waals surface area contributed by atoms with Crippen molar-refractivity contribution < 1.29 is 18.8 Å². The number of carboxylic acid groups (broad SMARTS) is 1. The summed E-state index contributed by atoms with van der Waals surface area (Å²) in [6, 6.07) is 4.66. The van der Waals surface area contributed by atoms with Crippen molar-refractivity contribution in [3.63, 3.8) is 0 Å². The average molecular weight is 453 g/mol. The third-order valence-electron chi connectivity index (χ3n) is 4.90. The van der Waals surface area contributed by atoms with Crippen molar-refractivity contribution in [2.75, 3.05) is 18.8 Å². The molecule has 1 saturated heterocycles. The van der Waals surface area contributed by atoms with Crippen LogP contribution in [0.5, 0.6) is 0 Å². The molecule has 0 aromatic heterocycles. The summed E-state index contributed by atoms with van der Waals surface area (Å²) in [4.78, 5) is 16.0. The van der Waals surface area contributed by atoms with Crippen LogP contribution < -0.4 is 10.0 Å². The minimum absolute atomic E-state index is 0.0427. The highest BCUT2D eigenvalue weighted by molar-refractivity contribution is 8.26. The van der Waals surface area contributed by atoms with E-state index in [1.54, 1.807) is 23.4 Å². The number of nitrogens with one attached hydrogen (secondary N) is 2. The van der Waals surface area contributed by atoms with Crippen LogP contribution in [-0.4, -0.2) is 52.9 Å². The van der Waals surface area contributed by atoms with Crippen molar-refractivity contribution in [2.45, 2.75) is 44.9 Å². The Bertz CT molecular complexity index is 942. The maximum Gasteiger partial charge on any atom is 0.411 e. The maximum atomic E-state index is 14.9. The molecule has 1 aromatic rings. The van der Waals surface area contributed by atoms with Gasteiger partial charge in [-0.3, -0.25) is 9.62 Å². The minimum Gasteiger partial charge on any atom is -0.465 e. The highest BCUT2D eigenvalue weighted by atomic mass is 32.3. The smallest absolute Gasteiger partial charge is 0.411 e. The van der Waals surface area contributed by atoms with Gasteiger partial charge in [-0.05, 0) is 38.0 Å². The lowest BCUT2D eigenvalue weighted by Gasteiger charge is -2.51. The van der Waals surface area contributed by atoms with Crippen LogP contribution in [0.4, 0.5) is 9.18 Å². The average Bonchev–Trinajstić information content (AvgIpc) is 2.80. The number of hydrogen-bond donors (Lipinski definition) is 4. The minimum atomic E-state index is -2.60. The van der Waals surface area contributed by atoms with Gasteiger partial charge in [0.25, 0.3) is 0 Å². The molecule has 1 aromatic carbocycles. The molecule has 30 heavy (non-hydrogen) atoms. The maximum absolute atomic E-state index is 14.9. The van der Waals surface area contributed by atoms with E-state index < -0.39 is 36.2 Å². The van der Waals surface area contributed by atoms with E-state index in [1.165, 1.54) is 6.07 Å². The number of halogens is 1. The number of guanidine groups is 1. The van der Waals surface area contributed by atoms with Crippen LogP contribution in [0.2, 0.25) is 19.6 Å². The first kappa shape index (κ1) is 22.6. The van der Waals surface area contributed by atoms with Gasteiger partial charge >= 0.3 is 6.09 Å². The largest absolute Gasteiger partial charge is 0.465 e. The summed E-state index contributed by atoms with van der Waals surface area (Å²) in [6.45, 7) is 9.19. The van der Waals surface area contributed by atoms with Gasteiger partial charge in [0.1, 0.15) is 19.4 Å². The van der Waals surface area contributed by atoms with Crippen molar-refractivity contribution >= 4 is 30.8 Å². The van der Waals surface area contributed by atoms with E-state index in [9.17, 15) is 18.8 Å². The zero-order chi connectivity index (χ0) is 22.2. The van der Waals surface area contributed by atoms with Crippen LogP contribution >= 0.6 is 10.7 Å². The van der Waals surface area contributed by atoms with Crippen molar-refractivity contribution in [1.82, 2.24) is 14.3 Å². The zero-order valence-corrected chi connectivity index (χ0v) is 19.6. The van der Waals surface area contributed by atoms with Gasteiger partial charge in [-0.2, -0.15) is 0 Å². The Labute approximate surface area is 179 Å². The number of rotatable bonds is 1. The fourth-order valence-electron chi connectivity index (χ4n) is 3.54. The second kappa shape index (κ2) is 8.23. The summed E-state index contributed by atoms with van der Waals surface area (Å²) in [5.74, 6) is 2.86. The molecule has 3 rings (SSSR count). The Kier molecular flexibility index (Phi) is 6.20. The van der Waals surface area contributed by atoms with Gasteiger partial charge in [-0.15, -0.1) is 5.54 Å². The lowest BCUT2D eigenvalue weighted by molar-refractivity contribution is 0.199.